The molecule has 2 aliphatic rings. The quantitative estimate of drug-likeness (QED) is 0.192. The van der Waals surface area contributed by atoms with Gasteiger partial charge in [-0.05, 0) is 25.0 Å². The maximum Gasteiger partial charge on any atom is 0.509 e. The molecule has 0 spiro atoms. The van der Waals surface area contributed by atoms with Gasteiger partial charge in [-0.25, -0.2) is 19.2 Å². The molecule has 15 heteroatoms. The van der Waals surface area contributed by atoms with Crippen LogP contribution in [0.15, 0.2) is 47.4 Å². The highest BCUT2D eigenvalue weighted by Crippen LogP contribution is 2.49. The Morgan fingerprint density at radius 2 is 1.98 bits per heavy atom. The molecule has 3 heterocycles. The molecule has 2 fully saturated rings. The minimum Gasteiger partial charge on any atom is -0.424 e. The number of carbonyl (C=O) groups is 2. The Hall–Kier alpha value is -2.74. The van der Waals surface area contributed by atoms with E-state index >= 15 is 0 Å². The minimum absolute atomic E-state index is 0.0109. The van der Waals surface area contributed by atoms with Gasteiger partial charge in [0.2, 0.25) is 0 Å². The number of nitrogens with zero attached hydrogens (tertiary/aromatic N) is 2. The molecule has 0 radical (unpaired) electrons. The molecule has 0 bridgehead atoms. The number of aromatic nitrogens is 2. The van der Waals surface area contributed by atoms with Crippen LogP contribution in [0.2, 0.25) is 0 Å². The van der Waals surface area contributed by atoms with E-state index in [9.17, 15) is 18.9 Å². The van der Waals surface area contributed by atoms with Gasteiger partial charge >= 0.3 is 19.6 Å². The number of ether oxygens (including phenoxy) is 3. The van der Waals surface area contributed by atoms with Crippen LogP contribution >= 0.6 is 19.5 Å². The highest BCUT2D eigenvalue weighted by atomic mass is 32.2. The molecule has 2 unspecified atom stereocenters. The van der Waals surface area contributed by atoms with Gasteiger partial charge in [0.05, 0.1) is 13.2 Å². The number of nitrogen functional groups attached to an aromatic ring is 1. The molecule has 1 aromatic heterocycles. The number of hydrogen-bond acceptors (Lipinski definition) is 12. The van der Waals surface area contributed by atoms with Crippen molar-refractivity contribution in [3.8, 4) is 0 Å². The molecular formula is C26H35N4O9PS. The number of nitrogens with two attached hydrogens (primary N) is 1. The van der Waals surface area contributed by atoms with Gasteiger partial charge < -0.3 is 19.9 Å². The third-order valence-corrected chi connectivity index (χ3v) is 9.81. The van der Waals surface area contributed by atoms with Gasteiger partial charge in [-0.1, -0.05) is 62.9 Å². The van der Waals surface area contributed by atoms with E-state index in [2.05, 4.69) is 10.1 Å². The fourth-order valence-electron chi connectivity index (χ4n) is 4.28. The average Bonchev–Trinajstić information content (AvgIpc) is 3.38. The van der Waals surface area contributed by atoms with Crippen molar-refractivity contribution in [2.75, 3.05) is 24.7 Å². The van der Waals surface area contributed by atoms with E-state index in [4.69, 9.17) is 29.0 Å². The van der Waals surface area contributed by atoms with Crippen molar-refractivity contribution in [3.05, 3.63) is 58.6 Å². The molecule has 3 N–H and O–H groups in total. The fourth-order valence-corrected chi connectivity index (χ4v) is 6.60. The number of fused-ring (bicyclic) bond motifs is 1. The van der Waals surface area contributed by atoms with E-state index < -0.39 is 49.0 Å². The largest absolute Gasteiger partial charge is 0.509 e. The Kier molecular flexibility index (Phi) is 9.62. The van der Waals surface area contributed by atoms with Crippen LogP contribution in [-0.4, -0.2) is 57.6 Å². The molecule has 5 atom stereocenters. The number of benzene rings is 1. The van der Waals surface area contributed by atoms with Gasteiger partial charge in [0.1, 0.15) is 11.9 Å². The standard InChI is InChI=1S/C26H35N4O9PS/c1-5-25(2,3)22(31)41-14-13-35-40(34,28-15-17-9-7-6-8-10-17)36-16-18-20-26(4,39-24(33)38-20)21(37-18)30-12-11-19(27)29-23(30)32/h6-12,18,20-21H,5,13-16H2,1-4H3,(H,28,34)(H2,27,29,32)/t18?,20-,21-,26-,40?/m1/s1. The van der Waals surface area contributed by atoms with Crippen LogP contribution in [0.4, 0.5) is 10.6 Å². The SMILES string of the molecule is CCC(C)(C)C(=O)SCCOP(=O)(NCc1ccccc1)OCC1O[C@@H](n2ccc(N)nc2=O)[C@]2(C)OC(=O)O[C@H]12. The number of rotatable bonds is 13. The smallest absolute Gasteiger partial charge is 0.424 e. The Balaban J connectivity index is 1.47. The summed E-state index contributed by atoms with van der Waals surface area (Å²) in [6.45, 7) is 7.05. The summed E-state index contributed by atoms with van der Waals surface area (Å²) >= 11 is 1.10. The van der Waals surface area contributed by atoms with Crippen LogP contribution in [0.1, 0.15) is 45.9 Å². The molecule has 224 valence electrons. The number of anilines is 1. The first-order valence-corrected chi connectivity index (χ1v) is 15.6. The fraction of sp³-hybridized carbons (Fsp3) is 0.538. The lowest BCUT2D eigenvalue weighted by Crippen LogP contribution is -2.44. The summed E-state index contributed by atoms with van der Waals surface area (Å²) in [6, 6.07) is 10.7. The molecule has 1 aromatic carbocycles. The third-order valence-electron chi connectivity index (χ3n) is 7.07. The van der Waals surface area contributed by atoms with Gasteiger partial charge in [0, 0.05) is 23.9 Å². The Morgan fingerprint density at radius 3 is 2.66 bits per heavy atom. The second kappa shape index (κ2) is 12.6. The second-order valence-electron chi connectivity index (χ2n) is 10.5. The normalized spacial score (nSPS) is 25.3. The first-order valence-electron chi connectivity index (χ1n) is 13.1. The first-order chi connectivity index (χ1) is 19.4. The van der Waals surface area contributed by atoms with E-state index in [0.29, 0.717) is 6.42 Å². The summed E-state index contributed by atoms with van der Waals surface area (Å²) in [7, 11) is -3.96. The summed E-state index contributed by atoms with van der Waals surface area (Å²) in [5.41, 5.74) is 3.85. The highest BCUT2D eigenvalue weighted by Gasteiger charge is 2.64. The number of thioether (sulfide) groups is 1. The average molecular weight is 611 g/mol. The molecule has 2 saturated heterocycles. The zero-order valence-corrected chi connectivity index (χ0v) is 25.0. The molecule has 41 heavy (non-hydrogen) atoms. The van der Waals surface area contributed by atoms with Crippen molar-refractivity contribution in [1.82, 2.24) is 14.6 Å². The Labute approximate surface area is 242 Å². The summed E-state index contributed by atoms with van der Waals surface area (Å²) in [5, 5.41) is 2.86. The topological polar surface area (TPSA) is 170 Å². The maximum absolute atomic E-state index is 13.8. The van der Waals surface area contributed by atoms with Crippen LogP contribution < -0.4 is 16.5 Å². The zero-order valence-electron chi connectivity index (χ0n) is 23.3. The van der Waals surface area contributed by atoms with Crippen molar-refractivity contribution < 1.29 is 37.4 Å². The van der Waals surface area contributed by atoms with Gasteiger partial charge in [-0.15, -0.1) is 0 Å². The van der Waals surface area contributed by atoms with E-state index in [1.165, 1.54) is 12.3 Å². The molecule has 0 amide bonds. The lowest BCUT2D eigenvalue weighted by atomic mass is 9.92. The molecule has 2 aliphatic heterocycles. The summed E-state index contributed by atoms with van der Waals surface area (Å²) in [5.74, 6) is 0.287. The third kappa shape index (κ3) is 7.19. The summed E-state index contributed by atoms with van der Waals surface area (Å²) in [6.07, 6.45) is -1.95. The van der Waals surface area contributed by atoms with Gasteiger partial charge in [0.25, 0.3) is 0 Å². The second-order valence-corrected chi connectivity index (χ2v) is 13.4. The van der Waals surface area contributed by atoms with Crippen LogP contribution in [0.5, 0.6) is 0 Å². The van der Waals surface area contributed by atoms with Crippen molar-refractivity contribution in [2.45, 2.75) is 64.7 Å². The Bertz CT molecular complexity index is 1360. The predicted molar refractivity (Wildman–Crippen MR) is 151 cm³/mol. The summed E-state index contributed by atoms with van der Waals surface area (Å²) in [4.78, 5) is 40.8. The molecule has 0 saturated carbocycles. The number of nitrogens with one attached hydrogen (secondary N) is 1. The molecule has 2 aromatic rings. The lowest BCUT2D eigenvalue weighted by molar-refractivity contribution is -0.118. The van der Waals surface area contributed by atoms with Gasteiger partial charge in [0.15, 0.2) is 23.0 Å². The van der Waals surface area contributed by atoms with Crippen LogP contribution in [-0.2, 0) is 39.2 Å². The molecule has 13 nitrogen and oxygen atoms in total. The lowest BCUT2D eigenvalue weighted by Gasteiger charge is -2.26. The zero-order chi connectivity index (χ0) is 29.8. The molecular weight excluding hydrogens is 575 g/mol. The predicted octanol–water partition coefficient (Wildman–Crippen LogP) is 3.64. The monoisotopic (exact) mass is 610 g/mol. The van der Waals surface area contributed by atoms with Gasteiger partial charge in [-0.2, -0.15) is 4.98 Å². The molecule has 4 rings (SSSR count). The van der Waals surface area contributed by atoms with E-state index in [0.717, 1.165) is 21.9 Å². The molecule has 0 aliphatic carbocycles. The van der Waals surface area contributed by atoms with Crippen LogP contribution in [0.3, 0.4) is 0 Å². The summed E-state index contributed by atoms with van der Waals surface area (Å²) < 4.78 is 43.2. The number of hydrogen-bond donors (Lipinski definition) is 2. The van der Waals surface area contributed by atoms with Crippen molar-refractivity contribution in [2.24, 2.45) is 5.41 Å². The maximum atomic E-state index is 13.8. The van der Waals surface area contributed by atoms with E-state index in [-0.39, 0.29) is 36.4 Å². The van der Waals surface area contributed by atoms with Gasteiger partial charge in [-0.3, -0.25) is 18.4 Å². The first kappa shape index (κ1) is 31.2. The highest BCUT2D eigenvalue weighted by molar-refractivity contribution is 8.13. The van der Waals surface area contributed by atoms with E-state index in [1.807, 2.05) is 51.1 Å². The van der Waals surface area contributed by atoms with Crippen molar-refractivity contribution in [3.63, 3.8) is 0 Å². The van der Waals surface area contributed by atoms with Crippen LogP contribution in [0, 0.1) is 5.41 Å². The minimum atomic E-state index is -3.96. The van der Waals surface area contributed by atoms with Crippen LogP contribution in [0.25, 0.3) is 0 Å². The Morgan fingerprint density at radius 1 is 1.24 bits per heavy atom. The van der Waals surface area contributed by atoms with Crippen molar-refractivity contribution in [1.29, 1.82) is 0 Å². The van der Waals surface area contributed by atoms with Crippen molar-refractivity contribution >= 4 is 36.6 Å². The number of carbonyl (C=O) groups excluding carboxylic acids is 2. The van der Waals surface area contributed by atoms with E-state index in [1.54, 1.807) is 6.92 Å².